The third kappa shape index (κ3) is 3.61. The summed E-state index contributed by atoms with van der Waals surface area (Å²) in [6.07, 6.45) is 0.133. The second-order valence-electron chi connectivity index (χ2n) is 4.51. The minimum atomic E-state index is -0.607. The lowest BCUT2D eigenvalue weighted by Gasteiger charge is -2.20. The second-order valence-corrected chi connectivity index (χ2v) is 5.04. The van der Waals surface area contributed by atoms with Crippen LogP contribution in [0.15, 0.2) is 60.7 Å². The van der Waals surface area contributed by atoms with Crippen LogP contribution in [0, 0.1) is 0 Å². The Morgan fingerprint density at radius 1 is 1.00 bits per heavy atom. The Morgan fingerprint density at radius 2 is 1.45 bits per heavy atom. The van der Waals surface area contributed by atoms with Gasteiger partial charge in [-0.15, -0.1) is 11.6 Å². The minimum Gasteiger partial charge on any atom is -0.451 e. The van der Waals surface area contributed by atoms with Gasteiger partial charge in [0, 0.05) is 0 Å². The number of carbonyl (C=O) groups excluding carboxylic acids is 1. The van der Waals surface area contributed by atoms with Gasteiger partial charge in [0.05, 0.1) is 0 Å². The molecular weight excluding hydrogens is 272 g/mol. The van der Waals surface area contributed by atoms with Crippen molar-refractivity contribution in [1.82, 2.24) is 0 Å². The number of ether oxygens (including phenoxy) is 1. The average molecular weight is 289 g/mol. The molecule has 104 valence electrons. The number of alkyl halides is 1. The number of hydrogen-bond donors (Lipinski definition) is 0. The molecule has 0 aromatic heterocycles. The van der Waals surface area contributed by atoms with Gasteiger partial charge >= 0.3 is 5.97 Å². The first-order valence-electron chi connectivity index (χ1n) is 6.66. The van der Waals surface area contributed by atoms with E-state index in [9.17, 15) is 4.79 Å². The molecule has 1 atom stereocenters. The molecule has 0 aliphatic heterocycles. The molecule has 0 radical (unpaired) electrons. The molecule has 3 heteroatoms. The third-order valence-electron chi connectivity index (χ3n) is 3.05. The lowest BCUT2D eigenvalue weighted by molar-refractivity contribution is -0.147. The van der Waals surface area contributed by atoms with Crippen molar-refractivity contribution in [2.75, 3.05) is 0 Å². The molecule has 2 aromatic rings. The molecule has 0 aliphatic rings. The number of esters is 1. The summed E-state index contributed by atoms with van der Waals surface area (Å²) in [5, 5.41) is -0.607. The predicted molar refractivity (Wildman–Crippen MR) is 80.8 cm³/mol. The summed E-state index contributed by atoms with van der Waals surface area (Å²) in [6.45, 7) is 1.86. The summed E-state index contributed by atoms with van der Waals surface area (Å²) in [7, 11) is 0. The topological polar surface area (TPSA) is 26.3 Å². The van der Waals surface area contributed by atoms with Crippen molar-refractivity contribution in [3.8, 4) is 0 Å². The number of rotatable bonds is 5. The van der Waals surface area contributed by atoms with Crippen LogP contribution < -0.4 is 0 Å². The Bertz CT molecular complexity index is 500. The van der Waals surface area contributed by atoms with E-state index in [1.165, 1.54) is 0 Å². The van der Waals surface area contributed by atoms with Crippen LogP contribution in [0.1, 0.15) is 30.6 Å². The Morgan fingerprint density at radius 3 is 1.85 bits per heavy atom. The van der Waals surface area contributed by atoms with Crippen LogP contribution in [0.2, 0.25) is 0 Å². The van der Waals surface area contributed by atoms with Crippen molar-refractivity contribution in [2.45, 2.75) is 24.8 Å². The zero-order chi connectivity index (χ0) is 14.4. The first-order valence-corrected chi connectivity index (χ1v) is 7.10. The van der Waals surface area contributed by atoms with Gasteiger partial charge in [-0.2, -0.15) is 0 Å². The quantitative estimate of drug-likeness (QED) is 0.604. The van der Waals surface area contributed by atoms with E-state index in [0.29, 0.717) is 6.42 Å². The van der Waals surface area contributed by atoms with Crippen molar-refractivity contribution < 1.29 is 9.53 Å². The minimum absolute atomic E-state index is 0.383. The van der Waals surface area contributed by atoms with Gasteiger partial charge in [-0.05, 0) is 17.5 Å². The Hall–Kier alpha value is -1.80. The number of halogens is 1. The Balaban J connectivity index is 2.28. The van der Waals surface area contributed by atoms with Crippen LogP contribution in [0.3, 0.4) is 0 Å². The van der Waals surface area contributed by atoms with E-state index in [0.717, 1.165) is 11.1 Å². The molecule has 0 amide bonds. The Kier molecular flexibility index (Phi) is 5.19. The average Bonchev–Trinajstić information content (AvgIpc) is 2.53. The molecule has 0 saturated carbocycles. The van der Waals surface area contributed by atoms with Crippen LogP contribution in [0.5, 0.6) is 0 Å². The van der Waals surface area contributed by atoms with Crippen molar-refractivity contribution >= 4 is 17.6 Å². The van der Waals surface area contributed by atoms with E-state index in [-0.39, 0.29) is 5.97 Å². The predicted octanol–water partition coefficient (Wildman–Crippen LogP) is 4.34. The second kappa shape index (κ2) is 7.11. The largest absolute Gasteiger partial charge is 0.451 e. The van der Waals surface area contributed by atoms with Gasteiger partial charge < -0.3 is 4.74 Å². The maximum atomic E-state index is 12.0. The fourth-order valence-corrected chi connectivity index (χ4v) is 1.99. The molecule has 20 heavy (non-hydrogen) atoms. The van der Waals surface area contributed by atoms with E-state index in [1.54, 1.807) is 0 Å². The molecule has 2 rings (SSSR count). The highest BCUT2D eigenvalue weighted by Crippen LogP contribution is 2.27. The molecule has 0 spiro atoms. The van der Waals surface area contributed by atoms with Crippen LogP contribution >= 0.6 is 11.6 Å². The standard InChI is InChI=1S/C17H17ClO2/c1-2-15(18)17(19)20-16(13-9-5-3-6-10-13)14-11-7-4-8-12-14/h3-12,15-16H,2H2,1H3. The maximum absolute atomic E-state index is 12.0. The van der Waals surface area contributed by atoms with Crippen LogP contribution in [-0.4, -0.2) is 11.3 Å². The van der Waals surface area contributed by atoms with Gasteiger partial charge in [-0.1, -0.05) is 67.6 Å². The monoisotopic (exact) mass is 288 g/mol. The molecule has 0 saturated heterocycles. The summed E-state index contributed by atoms with van der Waals surface area (Å²) in [4.78, 5) is 12.0. The third-order valence-corrected chi connectivity index (χ3v) is 3.54. The maximum Gasteiger partial charge on any atom is 0.324 e. The molecule has 0 heterocycles. The zero-order valence-electron chi connectivity index (χ0n) is 11.3. The van der Waals surface area contributed by atoms with Gasteiger partial charge in [-0.25, -0.2) is 0 Å². The van der Waals surface area contributed by atoms with Crippen molar-refractivity contribution in [1.29, 1.82) is 0 Å². The lowest BCUT2D eigenvalue weighted by atomic mass is 10.0. The molecule has 0 aliphatic carbocycles. The highest BCUT2D eigenvalue weighted by atomic mass is 35.5. The SMILES string of the molecule is CCC(Cl)C(=O)OC(c1ccccc1)c1ccccc1. The molecular formula is C17H17ClO2. The van der Waals surface area contributed by atoms with E-state index in [1.807, 2.05) is 67.6 Å². The first-order chi connectivity index (χ1) is 9.72. The summed E-state index contributed by atoms with van der Waals surface area (Å²) < 4.78 is 5.60. The lowest BCUT2D eigenvalue weighted by Crippen LogP contribution is -2.20. The van der Waals surface area contributed by atoms with Crippen molar-refractivity contribution in [2.24, 2.45) is 0 Å². The van der Waals surface area contributed by atoms with Crippen LogP contribution in [-0.2, 0) is 9.53 Å². The van der Waals surface area contributed by atoms with Crippen molar-refractivity contribution in [3.63, 3.8) is 0 Å². The van der Waals surface area contributed by atoms with Crippen molar-refractivity contribution in [3.05, 3.63) is 71.8 Å². The van der Waals surface area contributed by atoms with E-state index >= 15 is 0 Å². The summed E-state index contributed by atoms with van der Waals surface area (Å²) in [6, 6.07) is 19.4. The smallest absolute Gasteiger partial charge is 0.324 e. The van der Waals surface area contributed by atoms with Crippen LogP contribution in [0.4, 0.5) is 0 Å². The summed E-state index contributed by atoms with van der Waals surface area (Å²) in [5.41, 5.74) is 1.87. The van der Waals surface area contributed by atoms with Crippen LogP contribution in [0.25, 0.3) is 0 Å². The fraction of sp³-hybridized carbons (Fsp3) is 0.235. The number of carbonyl (C=O) groups is 1. The normalized spacial score (nSPS) is 12.2. The van der Waals surface area contributed by atoms with Gasteiger partial charge in [0.15, 0.2) is 6.10 Å². The highest BCUT2D eigenvalue weighted by molar-refractivity contribution is 6.29. The summed E-state index contributed by atoms with van der Waals surface area (Å²) in [5.74, 6) is -0.383. The molecule has 0 bridgehead atoms. The van der Waals surface area contributed by atoms with Gasteiger partial charge in [-0.3, -0.25) is 4.79 Å². The van der Waals surface area contributed by atoms with Gasteiger partial charge in [0.1, 0.15) is 5.38 Å². The molecule has 2 aromatic carbocycles. The number of hydrogen-bond acceptors (Lipinski definition) is 2. The molecule has 1 unspecified atom stereocenters. The zero-order valence-corrected chi connectivity index (χ0v) is 12.1. The summed E-state index contributed by atoms with van der Waals surface area (Å²) >= 11 is 5.96. The molecule has 0 fully saturated rings. The van der Waals surface area contributed by atoms with E-state index < -0.39 is 11.5 Å². The van der Waals surface area contributed by atoms with E-state index in [2.05, 4.69) is 0 Å². The fourth-order valence-electron chi connectivity index (χ4n) is 1.94. The number of benzene rings is 2. The van der Waals surface area contributed by atoms with Gasteiger partial charge in [0.25, 0.3) is 0 Å². The highest BCUT2D eigenvalue weighted by Gasteiger charge is 2.22. The molecule has 0 N–H and O–H groups in total. The van der Waals surface area contributed by atoms with Gasteiger partial charge in [0.2, 0.25) is 0 Å². The molecule has 2 nitrogen and oxygen atoms in total. The van der Waals surface area contributed by atoms with E-state index in [4.69, 9.17) is 16.3 Å². The first kappa shape index (κ1) is 14.6. The Labute approximate surface area is 124 Å².